The lowest BCUT2D eigenvalue weighted by Crippen LogP contribution is -2.26. The molecule has 0 atom stereocenters. The molecule has 0 bridgehead atoms. The van der Waals surface area contributed by atoms with E-state index in [0.717, 1.165) is 16.4 Å². The summed E-state index contributed by atoms with van der Waals surface area (Å²) in [5.41, 5.74) is -0.144. The Kier molecular flexibility index (Phi) is 3.17. The number of aromatic nitrogens is 1. The van der Waals surface area contributed by atoms with Crippen LogP contribution in [-0.4, -0.2) is 15.8 Å². The average molecular weight is 334 g/mol. The highest BCUT2D eigenvalue weighted by Crippen LogP contribution is 2.30. The smallest absolute Gasteiger partial charge is 0.409 e. The molecule has 2 rings (SSSR count). The summed E-state index contributed by atoms with van der Waals surface area (Å²) in [7, 11) is 0. The molecular weight excluding hydrogens is 323 g/mol. The molecule has 2 N–H and O–H groups in total. The minimum absolute atomic E-state index is 0.125. The molecule has 86 valence electrons. The maximum Gasteiger partial charge on any atom is 0.409 e. The van der Waals surface area contributed by atoms with E-state index < -0.39 is 6.09 Å². The predicted octanol–water partition coefficient (Wildman–Crippen LogP) is 1.95. The Morgan fingerprint density at radius 3 is 2.88 bits per heavy atom. The monoisotopic (exact) mass is 334 g/mol. The fraction of sp³-hybridized carbons (Fsp3) is 0.400. The van der Waals surface area contributed by atoms with Crippen molar-refractivity contribution in [2.45, 2.75) is 19.4 Å². The Balaban J connectivity index is 2.32. The second kappa shape index (κ2) is 4.44. The van der Waals surface area contributed by atoms with E-state index in [9.17, 15) is 9.59 Å². The van der Waals surface area contributed by atoms with Crippen LogP contribution >= 0.6 is 22.6 Å². The lowest BCUT2D eigenvalue weighted by molar-refractivity contribution is 0.209. The van der Waals surface area contributed by atoms with Gasteiger partial charge in [-0.15, -0.1) is 0 Å². The zero-order valence-corrected chi connectivity index (χ0v) is 10.6. The number of halogens is 1. The number of rotatable bonds is 3. The number of hydrogen-bond acceptors (Lipinski definition) is 2. The van der Waals surface area contributed by atoms with Crippen molar-refractivity contribution >= 4 is 34.4 Å². The van der Waals surface area contributed by atoms with E-state index in [-0.39, 0.29) is 11.2 Å². The molecule has 5 nitrogen and oxygen atoms in total. The molecule has 0 radical (unpaired) electrons. The van der Waals surface area contributed by atoms with Crippen molar-refractivity contribution in [2.24, 2.45) is 5.92 Å². The zero-order valence-electron chi connectivity index (χ0n) is 8.44. The highest BCUT2D eigenvalue weighted by Gasteiger charge is 2.22. The van der Waals surface area contributed by atoms with E-state index in [0.29, 0.717) is 12.5 Å². The van der Waals surface area contributed by atoms with Crippen LogP contribution in [0.1, 0.15) is 12.8 Å². The summed E-state index contributed by atoms with van der Waals surface area (Å²) in [6.07, 6.45) is 2.85. The third kappa shape index (κ3) is 2.75. The molecule has 0 aromatic carbocycles. The molecule has 1 heterocycles. The molecule has 1 fully saturated rings. The van der Waals surface area contributed by atoms with Gasteiger partial charge in [0.2, 0.25) is 0 Å². The van der Waals surface area contributed by atoms with Gasteiger partial charge in [-0.1, -0.05) is 0 Å². The summed E-state index contributed by atoms with van der Waals surface area (Å²) in [5.74, 6) is 0.577. The first-order valence-electron chi connectivity index (χ1n) is 4.96. The van der Waals surface area contributed by atoms with Crippen molar-refractivity contribution in [3.05, 3.63) is 26.2 Å². The fourth-order valence-electron chi connectivity index (χ4n) is 1.52. The summed E-state index contributed by atoms with van der Waals surface area (Å²) in [5, 5.41) is 10.7. The lowest BCUT2D eigenvalue weighted by Gasteiger charge is -2.08. The fourth-order valence-corrected chi connectivity index (χ4v) is 2.17. The van der Waals surface area contributed by atoms with Crippen molar-refractivity contribution < 1.29 is 9.90 Å². The minimum Gasteiger partial charge on any atom is -0.465 e. The van der Waals surface area contributed by atoms with Crippen LogP contribution in [0.15, 0.2) is 17.1 Å². The molecule has 0 unspecified atom stereocenters. The molecule has 6 heteroatoms. The summed E-state index contributed by atoms with van der Waals surface area (Å²) >= 11 is 2.07. The zero-order chi connectivity index (χ0) is 11.7. The van der Waals surface area contributed by atoms with Gasteiger partial charge in [0.25, 0.3) is 5.56 Å². The molecular formula is C10H11IN2O3. The molecule has 1 aromatic rings. The van der Waals surface area contributed by atoms with Crippen molar-refractivity contribution in [1.29, 1.82) is 0 Å². The summed E-state index contributed by atoms with van der Waals surface area (Å²) in [6.45, 7) is 0.684. The Morgan fingerprint density at radius 1 is 1.62 bits per heavy atom. The van der Waals surface area contributed by atoms with E-state index in [1.165, 1.54) is 0 Å². The second-order valence-corrected chi connectivity index (χ2v) is 5.15. The van der Waals surface area contributed by atoms with Gasteiger partial charge in [0, 0.05) is 16.3 Å². The largest absolute Gasteiger partial charge is 0.465 e. The quantitative estimate of drug-likeness (QED) is 0.830. The normalized spacial score (nSPS) is 14.8. The highest BCUT2D eigenvalue weighted by atomic mass is 127. The summed E-state index contributed by atoms with van der Waals surface area (Å²) in [4.78, 5) is 22.4. The Hall–Kier alpha value is -1.05. The van der Waals surface area contributed by atoms with E-state index in [1.807, 2.05) is 0 Å². The van der Waals surface area contributed by atoms with Gasteiger partial charge < -0.3 is 9.67 Å². The molecule has 1 aliphatic carbocycles. The topological polar surface area (TPSA) is 71.3 Å². The number of nitrogens with one attached hydrogen (secondary N) is 1. The van der Waals surface area contributed by atoms with E-state index in [4.69, 9.17) is 5.11 Å². The number of nitrogens with zero attached hydrogens (tertiary/aromatic N) is 1. The SMILES string of the molecule is O=C(O)Nc1cc(I)cn(CC2CC2)c1=O. The van der Waals surface area contributed by atoms with Gasteiger partial charge in [0.1, 0.15) is 5.69 Å². The third-order valence-corrected chi connectivity index (χ3v) is 3.04. The van der Waals surface area contributed by atoms with Crippen LogP contribution in [0.4, 0.5) is 10.5 Å². The van der Waals surface area contributed by atoms with Gasteiger partial charge in [0.15, 0.2) is 0 Å². The minimum atomic E-state index is -1.21. The molecule has 1 saturated carbocycles. The molecule has 1 aliphatic rings. The Morgan fingerprint density at radius 2 is 2.31 bits per heavy atom. The van der Waals surface area contributed by atoms with Gasteiger partial charge in [-0.3, -0.25) is 10.1 Å². The van der Waals surface area contributed by atoms with Gasteiger partial charge in [-0.05, 0) is 47.4 Å². The first-order valence-corrected chi connectivity index (χ1v) is 6.04. The van der Waals surface area contributed by atoms with Crippen molar-refractivity contribution in [1.82, 2.24) is 4.57 Å². The number of amides is 1. The molecule has 0 saturated heterocycles. The van der Waals surface area contributed by atoms with Crippen LogP contribution in [0, 0.1) is 9.49 Å². The molecule has 16 heavy (non-hydrogen) atoms. The average Bonchev–Trinajstić information content (AvgIpc) is 2.96. The summed E-state index contributed by atoms with van der Waals surface area (Å²) in [6, 6.07) is 1.54. The van der Waals surface area contributed by atoms with Crippen LogP contribution < -0.4 is 10.9 Å². The Bertz CT molecular complexity index is 479. The second-order valence-electron chi connectivity index (χ2n) is 3.90. The Labute approximate surface area is 106 Å². The summed E-state index contributed by atoms with van der Waals surface area (Å²) < 4.78 is 2.44. The van der Waals surface area contributed by atoms with Crippen molar-refractivity contribution in [3.8, 4) is 0 Å². The number of pyridine rings is 1. The van der Waals surface area contributed by atoms with Gasteiger partial charge in [-0.25, -0.2) is 4.79 Å². The number of carboxylic acid groups (broad SMARTS) is 1. The first kappa shape index (κ1) is 11.4. The van der Waals surface area contributed by atoms with Crippen LogP contribution in [0.3, 0.4) is 0 Å². The molecule has 0 aliphatic heterocycles. The van der Waals surface area contributed by atoms with Gasteiger partial charge >= 0.3 is 6.09 Å². The molecule has 1 aromatic heterocycles. The number of hydrogen-bond donors (Lipinski definition) is 2. The van der Waals surface area contributed by atoms with Gasteiger partial charge in [-0.2, -0.15) is 0 Å². The highest BCUT2D eigenvalue weighted by molar-refractivity contribution is 14.1. The van der Waals surface area contributed by atoms with Crippen molar-refractivity contribution in [3.63, 3.8) is 0 Å². The van der Waals surface area contributed by atoms with E-state index in [1.54, 1.807) is 16.8 Å². The van der Waals surface area contributed by atoms with E-state index >= 15 is 0 Å². The maximum atomic E-state index is 11.9. The third-order valence-electron chi connectivity index (χ3n) is 2.45. The number of carbonyl (C=O) groups is 1. The van der Waals surface area contributed by atoms with Crippen LogP contribution in [0.25, 0.3) is 0 Å². The van der Waals surface area contributed by atoms with E-state index in [2.05, 4.69) is 27.9 Å². The lowest BCUT2D eigenvalue weighted by atomic mass is 10.3. The first-order chi connectivity index (χ1) is 7.56. The van der Waals surface area contributed by atoms with Crippen LogP contribution in [0.5, 0.6) is 0 Å². The standard InChI is InChI=1S/C10H11IN2O3/c11-7-3-8(12-10(15)16)9(14)13(5-7)4-6-1-2-6/h3,5-6,12H,1-2,4H2,(H,15,16). The molecule has 1 amide bonds. The number of anilines is 1. The van der Waals surface area contributed by atoms with Gasteiger partial charge in [0.05, 0.1) is 0 Å². The predicted molar refractivity (Wildman–Crippen MR) is 67.8 cm³/mol. The molecule has 0 spiro atoms. The van der Waals surface area contributed by atoms with Crippen molar-refractivity contribution in [2.75, 3.05) is 5.32 Å². The van der Waals surface area contributed by atoms with Crippen LogP contribution in [0.2, 0.25) is 0 Å². The van der Waals surface area contributed by atoms with Crippen LogP contribution in [-0.2, 0) is 6.54 Å². The maximum absolute atomic E-state index is 11.9.